The molecular weight excluding hydrogens is 178 g/mol. The van der Waals surface area contributed by atoms with Gasteiger partial charge in [0.25, 0.3) is 0 Å². The van der Waals surface area contributed by atoms with Crippen molar-refractivity contribution in [2.45, 2.75) is 13.5 Å². The van der Waals surface area contributed by atoms with Crippen LogP contribution >= 0.6 is 0 Å². The number of fused-ring (bicyclic) bond motifs is 1. The summed E-state index contributed by atoms with van der Waals surface area (Å²) in [7, 11) is 0. The number of H-pyrrole nitrogens is 1. The first-order chi connectivity index (χ1) is 6.81. The van der Waals surface area contributed by atoms with Crippen molar-refractivity contribution in [3.63, 3.8) is 0 Å². The van der Waals surface area contributed by atoms with Crippen LogP contribution in [0.2, 0.25) is 0 Å². The molecule has 1 aromatic carbocycles. The van der Waals surface area contributed by atoms with Crippen molar-refractivity contribution in [2.24, 2.45) is 5.11 Å². The molecule has 0 unspecified atom stereocenters. The lowest BCUT2D eigenvalue weighted by Crippen LogP contribution is -1.86. The second-order valence-corrected chi connectivity index (χ2v) is 3.09. The molecule has 2 aromatic rings. The fraction of sp³-hybridized carbons (Fsp3) is 0.222. The zero-order chi connectivity index (χ0) is 9.97. The predicted octanol–water partition coefficient (Wildman–Crippen LogP) is 2.68. The molecule has 5 nitrogen and oxygen atoms in total. The zero-order valence-electron chi connectivity index (χ0n) is 7.73. The zero-order valence-corrected chi connectivity index (χ0v) is 7.73. The first kappa shape index (κ1) is 8.59. The molecule has 0 atom stereocenters. The lowest BCUT2D eigenvalue weighted by atomic mass is 10.1. The highest BCUT2D eigenvalue weighted by Gasteiger charge is 2.01. The van der Waals surface area contributed by atoms with Gasteiger partial charge in [-0.1, -0.05) is 5.11 Å². The molecule has 1 heterocycles. The molecule has 1 aromatic heterocycles. The Morgan fingerprint density at radius 2 is 2.43 bits per heavy atom. The third kappa shape index (κ3) is 1.41. The Labute approximate surface area is 80.4 Å². The molecule has 0 aliphatic carbocycles. The average molecular weight is 187 g/mol. The van der Waals surface area contributed by atoms with Crippen LogP contribution in [0, 0.1) is 6.92 Å². The van der Waals surface area contributed by atoms with Crippen LogP contribution < -0.4 is 0 Å². The van der Waals surface area contributed by atoms with Crippen molar-refractivity contribution >= 4 is 11.0 Å². The molecule has 5 heteroatoms. The van der Waals surface area contributed by atoms with E-state index in [-0.39, 0.29) is 0 Å². The van der Waals surface area contributed by atoms with E-state index in [1.54, 1.807) is 6.33 Å². The summed E-state index contributed by atoms with van der Waals surface area (Å²) in [5.74, 6) is 0. The number of nitrogens with zero attached hydrogens (tertiary/aromatic N) is 4. The molecule has 0 saturated carbocycles. The molecule has 0 bridgehead atoms. The minimum absolute atomic E-state index is 0.380. The van der Waals surface area contributed by atoms with E-state index in [1.807, 2.05) is 19.1 Å². The summed E-state index contributed by atoms with van der Waals surface area (Å²) in [5.41, 5.74) is 12.3. The van der Waals surface area contributed by atoms with Crippen LogP contribution in [0.3, 0.4) is 0 Å². The Balaban J connectivity index is 2.52. The van der Waals surface area contributed by atoms with Crippen LogP contribution in [0.15, 0.2) is 23.6 Å². The minimum atomic E-state index is 0.380. The van der Waals surface area contributed by atoms with Gasteiger partial charge in [0.05, 0.1) is 23.9 Å². The molecule has 2 rings (SSSR count). The van der Waals surface area contributed by atoms with Crippen LogP contribution in [0.5, 0.6) is 0 Å². The lowest BCUT2D eigenvalue weighted by Gasteiger charge is -2.01. The monoisotopic (exact) mass is 187 g/mol. The Morgan fingerprint density at radius 1 is 1.57 bits per heavy atom. The number of aromatic nitrogens is 2. The van der Waals surface area contributed by atoms with Crippen LogP contribution in [0.4, 0.5) is 0 Å². The van der Waals surface area contributed by atoms with Crippen LogP contribution in [-0.4, -0.2) is 9.97 Å². The summed E-state index contributed by atoms with van der Waals surface area (Å²) in [6.07, 6.45) is 1.65. The largest absolute Gasteiger partial charge is 0.345 e. The summed E-state index contributed by atoms with van der Waals surface area (Å²) in [4.78, 5) is 9.90. The van der Waals surface area contributed by atoms with E-state index in [0.29, 0.717) is 6.54 Å². The van der Waals surface area contributed by atoms with Crippen LogP contribution in [-0.2, 0) is 6.54 Å². The molecule has 0 radical (unpaired) electrons. The van der Waals surface area contributed by atoms with Gasteiger partial charge in [0.2, 0.25) is 0 Å². The minimum Gasteiger partial charge on any atom is -0.345 e. The molecule has 0 spiro atoms. The molecule has 0 amide bonds. The molecule has 14 heavy (non-hydrogen) atoms. The topological polar surface area (TPSA) is 77.4 Å². The second-order valence-electron chi connectivity index (χ2n) is 3.09. The van der Waals surface area contributed by atoms with E-state index in [4.69, 9.17) is 5.53 Å². The van der Waals surface area contributed by atoms with Gasteiger partial charge >= 0.3 is 0 Å². The highest BCUT2D eigenvalue weighted by atomic mass is 15.1. The quantitative estimate of drug-likeness (QED) is 0.438. The first-order valence-electron chi connectivity index (χ1n) is 4.24. The van der Waals surface area contributed by atoms with Crippen molar-refractivity contribution in [3.05, 3.63) is 40.0 Å². The fourth-order valence-electron chi connectivity index (χ4n) is 1.41. The van der Waals surface area contributed by atoms with Crippen molar-refractivity contribution < 1.29 is 0 Å². The maximum atomic E-state index is 8.23. The van der Waals surface area contributed by atoms with Crippen LogP contribution in [0.1, 0.15) is 11.1 Å². The summed E-state index contributed by atoms with van der Waals surface area (Å²) < 4.78 is 0. The normalized spacial score (nSPS) is 10.1. The molecule has 0 fully saturated rings. The first-order valence-corrected chi connectivity index (χ1v) is 4.24. The van der Waals surface area contributed by atoms with Crippen molar-refractivity contribution in [1.82, 2.24) is 9.97 Å². The Kier molecular flexibility index (Phi) is 2.08. The van der Waals surface area contributed by atoms with Gasteiger partial charge < -0.3 is 4.98 Å². The second kappa shape index (κ2) is 3.40. The number of rotatable bonds is 2. The Hall–Kier alpha value is -2.00. The molecule has 0 saturated heterocycles. The summed E-state index contributed by atoms with van der Waals surface area (Å²) in [6, 6.07) is 3.94. The third-order valence-corrected chi connectivity index (χ3v) is 2.18. The Bertz CT molecular complexity index is 507. The highest BCUT2D eigenvalue weighted by molar-refractivity contribution is 5.76. The van der Waals surface area contributed by atoms with Gasteiger partial charge in [0, 0.05) is 4.91 Å². The number of aryl methyl sites for hydroxylation is 1. The van der Waals surface area contributed by atoms with Crippen molar-refractivity contribution in [2.75, 3.05) is 0 Å². The molecular formula is C9H9N5. The third-order valence-electron chi connectivity index (χ3n) is 2.18. The number of azide groups is 1. The number of hydrogen-bond donors (Lipinski definition) is 1. The highest BCUT2D eigenvalue weighted by Crippen LogP contribution is 2.17. The lowest BCUT2D eigenvalue weighted by molar-refractivity contribution is 1.03. The van der Waals surface area contributed by atoms with E-state index in [9.17, 15) is 0 Å². The van der Waals surface area contributed by atoms with E-state index in [0.717, 1.165) is 22.2 Å². The van der Waals surface area contributed by atoms with Gasteiger partial charge in [-0.15, -0.1) is 0 Å². The maximum absolute atomic E-state index is 8.23. The maximum Gasteiger partial charge on any atom is 0.0931 e. The van der Waals surface area contributed by atoms with Gasteiger partial charge in [-0.3, -0.25) is 0 Å². The molecule has 70 valence electrons. The summed E-state index contributed by atoms with van der Waals surface area (Å²) in [5, 5.41) is 3.54. The van der Waals surface area contributed by atoms with Gasteiger partial charge in [0.15, 0.2) is 0 Å². The van der Waals surface area contributed by atoms with Crippen molar-refractivity contribution in [3.8, 4) is 0 Å². The van der Waals surface area contributed by atoms with E-state index in [1.165, 1.54) is 0 Å². The van der Waals surface area contributed by atoms with E-state index in [2.05, 4.69) is 20.0 Å². The van der Waals surface area contributed by atoms with Crippen LogP contribution in [0.25, 0.3) is 21.5 Å². The van der Waals surface area contributed by atoms with E-state index < -0.39 is 0 Å². The summed E-state index contributed by atoms with van der Waals surface area (Å²) >= 11 is 0. The smallest absolute Gasteiger partial charge is 0.0931 e. The number of benzene rings is 1. The molecule has 0 aliphatic rings. The molecule has 0 aliphatic heterocycles. The predicted molar refractivity (Wildman–Crippen MR) is 53.7 cm³/mol. The van der Waals surface area contributed by atoms with Gasteiger partial charge in [-0.05, 0) is 35.7 Å². The number of aromatic amines is 1. The summed E-state index contributed by atoms with van der Waals surface area (Å²) in [6.45, 7) is 2.37. The average Bonchev–Trinajstić information content (AvgIpc) is 2.61. The fourth-order valence-corrected chi connectivity index (χ4v) is 1.41. The number of imidazole rings is 1. The standard InChI is InChI=1S/C9H9N5/c1-6-2-8-9(12-5-11-8)3-7(6)4-13-14-10/h2-3,5H,4H2,1H3,(H,11,12). The molecule has 1 N–H and O–H groups in total. The Morgan fingerprint density at radius 3 is 3.21 bits per heavy atom. The number of hydrogen-bond acceptors (Lipinski definition) is 2. The van der Waals surface area contributed by atoms with Gasteiger partial charge in [-0.25, -0.2) is 4.98 Å². The van der Waals surface area contributed by atoms with E-state index >= 15 is 0 Å². The number of nitrogens with one attached hydrogen (secondary N) is 1. The van der Waals surface area contributed by atoms with Gasteiger partial charge in [0.1, 0.15) is 0 Å². The SMILES string of the molecule is Cc1cc2[nH]cnc2cc1CN=[N+]=[N-]. The van der Waals surface area contributed by atoms with Gasteiger partial charge in [-0.2, -0.15) is 0 Å². The van der Waals surface area contributed by atoms with Crippen molar-refractivity contribution in [1.29, 1.82) is 0 Å².